The molecule has 1 saturated heterocycles. The Morgan fingerprint density at radius 2 is 1.96 bits per heavy atom. The Balaban J connectivity index is 1.36. The fourth-order valence-corrected chi connectivity index (χ4v) is 3.99. The number of likely N-dealkylation sites (tertiary alicyclic amines) is 1. The molecular formula is C21H22N6. The van der Waals surface area contributed by atoms with E-state index < -0.39 is 0 Å². The van der Waals surface area contributed by atoms with Crippen LogP contribution in [0.2, 0.25) is 0 Å². The van der Waals surface area contributed by atoms with Crippen LogP contribution < -0.4 is 0 Å². The lowest BCUT2D eigenvalue weighted by atomic mass is 10.1. The monoisotopic (exact) mass is 358 g/mol. The van der Waals surface area contributed by atoms with Gasteiger partial charge in [0.05, 0.1) is 12.7 Å². The number of hydrogen-bond acceptors (Lipinski definition) is 4. The summed E-state index contributed by atoms with van der Waals surface area (Å²) in [5.74, 6) is 0. The van der Waals surface area contributed by atoms with Crippen molar-refractivity contribution in [2.75, 3.05) is 6.54 Å². The van der Waals surface area contributed by atoms with Crippen LogP contribution in [-0.2, 0) is 13.1 Å². The van der Waals surface area contributed by atoms with Crippen molar-refractivity contribution in [2.45, 2.75) is 32.0 Å². The third-order valence-corrected chi connectivity index (χ3v) is 5.34. The second kappa shape index (κ2) is 6.96. The van der Waals surface area contributed by atoms with E-state index in [4.69, 9.17) is 4.98 Å². The molecule has 5 rings (SSSR count). The zero-order valence-corrected chi connectivity index (χ0v) is 15.1. The molecule has 6 nitrogen and oxygen atoms in total. The van der Waals surface area contributed by atoms with Gasteiger partial charge in [0.25, 0.3) is 0 Å². The number of rotatable bonds is 5. The fourth-order valence-electron chi connectivity index (χ4n) is 3.99. The molecule has 3 aromatic heterocycles. The molecule has 1 atom stereocenters. The largest absolute Gasteiger partial charge is 0.294 e. The second-order valence-electron chi connectivity index (χ2n) is 7.15. The summed E-state index contributed by atoms with van der Waals surface area (Å²) in [6, 6.07) is 12.8. The van der Waals surface area contributed by atoms with Gasteiger partial charge in [0, 0.05) is 48.5 Å². The first-order valence-corrected chi connectivity index (χ1v) is 9.46. The maximum atomic E-state index is 4.72. The van der Waals surface area contributed by atoms with Crippen LogP contribution in [-0.4, -0.2) is 41.9 Å². The molecule has 0 spiro atoms. The summed E-state index contributed by atoms with van der Waals surface area (Å²) in [5.41, 5.74) is 4.31. The molecule has 1 aliphatic heterocycles. The number of nitrogens with zero attached hydrogens (tertiary/aromatic N) is 6. The zero-order valence-electron chi connectivity index (χ0n) is 15.1. The van der Waals surface area contributed by atoms with E-state index in [1.54, 1.807) is 0 Å². The van der Waals surface area contributed by atoms with Gasteiger partial charge in [-0.05, 0) is 31.0 Å². The molecule has 0 aliphatic carbocycles. The Labute approximate surface area is 158 Å². The number of fused-ring (bicyclic) bond motifs is 1. The molecule has 0 bridgehead atoms. The highest BCUT2D eigenvalue weighted by Crippen LogP contribution is 2.24. The molecule has 1 fully saturated rings. The van der Waals surface area contributed by atoms with E-state index in [9.17, 15) is 0 Å². The van der Waals surface area contributed by atoms with E-state index in [-0.39, 0.29) is 0 Å². The Bertz CT molecular complexity index is 1020. The quantitative estimate of drug-likeness (QED) is 0.549. The van der Waals surface area contributed by atoms with E-state index in [1.807, 2.05) is 58.3 Å². The summed E-state index contributed by atoms with van der Waals surface area (Å²) in [5, 5.41) is 8.89. The predicted octanol–water partition coefficient (Wildman–Crippen LogP) is 3.26. The lowest BCUT2D eigenvalue weighted by Gasteiger charge is -2.24. The first-order valence-electron chi connectivity index (χ1n) is 9.46. The number of aromatic nitrogens is 5. The maximum absolute atomic E-state index is 4.72. The summed E-state index contributed by atoms with van der Waals surface area (Å²) in [7, 11) is 0. The average molecular weight is 358 g/mol. The Morgan fingerprint density at radius 3 is 2.81 bits per heavy atom. The SMILES string of the molecule is c1ccc(-c2cnn3cc(CN4CCCC4Cn4cccn4)cnc23)cc1. The zero-order chi connectivity index (χ0) is 18.1. The van der Waals surface area contributed by atoms with Crippen molar-refractivity contribution in [3.63, 3.8) is 0 Å². The summed E-state index contributed by atoms with van der Waals surface area (Å²) < 4.78 is 3.93. The molecular weight excluding hydrogens is 336 g/mol. The van der Waals surface area contributed by atoms with Gasteiger partial charge in [-0.1, -0.05) is 30.3 Å². The van der Waals surface area contributed by atoms with Crippen LogP contribution >= 0.6 is 0 Å². The minimum atomic E-state index is 0.526. The summed E-state index contributed by atoms with van der Waals surface area (Å²) in [6.07, 6.45) is 12.3. The molecule has 0 N–H and O–H groups in total. The topological polar surface area (TPSA) is 51.2 Å². The van der Waals surface area contributed by atoms with E-state index >= 15 is 0 Å². The number of benzene rings is 1. The van der Waals surface area contributed by atoms with Crippen molar-refractivity contribution in [1.29, 1.82) is 0 Å². The normalized spacial score (nSPS) is 17.7. The average Bonchev–Trinajstić information content (AvgIpc) is 3.45. The van der Waals surface area contributed by atoms with Gasteiger partial charge in [0.1, 0.15) is 0 Å². The van der Waals surface area contributed by atoms with Crippen LogP contribution in [0.3, 0.4) is 0 Å². The fraction of sp³-hybridized carbons (Fsp3) is 0.286. The van der Waals surface area contributed by atoms with Gasteiger partial charge in [-0.15, -0.1) is 0 Å². The molecule has 136 valence electrons. The summed E-state index contributed by atoms with van der Waals surface area (Å²) >= 11 is 0. The van der Waals surface area contributed by atoms with Crippen LogP contribution in [0.15, 0.2) is 67.4 Å². The van der Waals surface area contributed by atoms with Gasteiger partial charge in [-0.25, -0.2) is 9.50 Å². The Hall–Kier alpha value is -2.99. The van der Waals surface area contributed by atoms with Crippen molar-refractivity contribution in [2.24, 2.45) is 0 Å². The first-order chi connectivity index (χ1) is 13.4. The van der Waals surface area contributed by atoms with Crippen molar-refractivity contribution >= 4 is 5.65 Å². The summed E-state index contributed by atoms with van der Waals surface area (Å²) in [6.45, 7) is 2.97. The van der Waals surface area contributed by atoms with Crippen LogP contribution in [0.5, 0.6) is 0 Å². The lowest BCUT2D eigenvalue weighted by molar-refractivity contribution is 0.218. The van der Waals surface area contributed by atoms with Crippen molar-refractivity contribution < 1.29 is 0 Å². The van der Waals surface area contributed by atoms with Crippen LogP contribution in [0.4, 0.5) is 0 Å². The molecule has 1 aliphatic rings. The standard InChI is InChI=1S/C21H22N6/c1-2-6-18(7-3-1)20-13-24-27-15-17(12-22-21(20)27)14-25-10-4-8-19(25)16-26-11-5-9-23-26/h1-3,5-7,9,11-13,15,19H,4,8,10,14,16H2. The molecule has 4 aromatic rings. The van der Waals surface area contributed by atoms with E-state index in [2.05, 4.69) is 33.4 Å². The van der Waals surface area contributed by atoms with E-state index in [0.717, 1.165) is 36.4 Å². The van der Waals surface area contributed by atoms with E-state index in [0.29, 0.717) is 6.04 Å². The molecule has 1 unspecified atom stereocenters. The highest BCUT2D eigenvalue weighted by molar-refractivity contribution is 5.76. The molecule has 6 heteroatoms. The third-order valence-electron chi connectivity index (χ3n) is 5.34. The molecule has 1 aromatic carbocycles. The minimum Gasteiger partial charge on any atom is -0.294 e. The van der Waals surface area contributed by atoms with Crippen LogP contribution in [0.1, 0.15) is 18.4 Å². The second-order valence-corrected chi connectivity index (χ2v) is 7.15. The van der Waals surface area contributed by atoms with Gasteiger partial charge >= 0.3 is 0 Å². The minimum absolute atomic E-state index is 0.526. The summed E-state index contributed by atoms with van der Waals surface area (Å²) in [4.78, 5) is 7.25. The molecule has 0 radical (unpaired) electrons. The molecule has 0 amide bonds. The van der Waals surface area contributed by atoms with Gasteiger partial charge in [0.15, 0.2) is 5.65 Å². The maximum Gasteiger partial charge on any atom is 0.162 e. The van der Waals surface area contributed by atoms with Crippen LogP contribution in [0, 0.1) is 0 Å². The predicted molar refractivity (Wildman–Crippen MR) is 104 cm³/mol. The van der Waals surface area contributed by atoms with Gasteiger partial charge in [-0.2, -0.15) is 10.2 Å². The first kappa shape index (κ1) is 16.2. The van der Waals surface area contributed by atoms with Crippen molar-refractivity contribution in [3.8, 4) is 11.1 Å². The Kier molecular flexibility index (Phi) is 4.18. The molecule has 27 heavy (non-hydrogen) atoms. The van der Waals surface area contributed by atoms with Gasteiger partial charge in [-0.3, -0.25) is 9.58 Å². The van der Waals surface area contributed by atoms with Gasteiger partial charge < -0.3 is 0 Å². The molecule has 4 heterocycles. The lowest BCUT2D eigenvalue weighted by Crippen LogP contribution is -2.32. The number of hydrogen-bond donors (Lipinski definition) is 0. The van der Waals surface area contributed by atoms with Crippen molar-refractivity contribution in [1.82, 2.24) is 29.3 Å². The Morgan fingerprint density at radius 1 is 1.04 bits per heavy atom. The highest BCUT2D eigenvalue weighted by Gasteiger charge is 2.25. The van der Waals surface area contributed by atoms with Crippen molar-refractivity contribution in [3.05, 3.63) is 72.9 Å². The molecule has 0 saturated carbocycles. The van der Waals surface area contributed by atoms with Crippen LogP contribution in [0.25, 0.3) is 16.8 Å². The third kappa shape index (κ3) is 3.24. The smallest absolute Gasteiger partial charge is 0.162 e. The van der Waals surface area contributed by atoms with Gasteiger partial charge in [0.2, 0.25) is 0 Å². The van der Waals surface area contributed by atoms with E-state index in [1.165, 1.54) is 18.4 Å². The highest BCUT2D eigenvalue weighted by atomic mass is 15.3.